The van der Waals surface area contributed by atoms with Crippen molar-refractivity contribution in [1.82, 2.24) is 0 Å². The maximum Gasteiger partial charge on any atom is 0.252 e. The third-order valence-corrected chi connectivity index (χ3v) is 2.78. The molecule has 1 amide bonds. The van der Waals surface area contributed by atoms with Crippen molar-refractivity contribution in [3.63, 3.8) is 0 Å². The Balaban J connectivity index is 1.99. The Morgan fingerprint density at radius 3 is 2.76 bits per heavy atom. The van der Waals surface area contributed by atoms with E-state index < -0.39 is 12.0 Å². The number of hydrogen-bond acceptors (Lipinski definition) is 3. The monoisotopic (exact) mass is 289 g/mol. The second kappa shape index (κ2) is 6.85. The largest absolute Gasteiger partial charge is 0.489 e. The molecule has 2 rings (SSSR count). The van der Waals surface area contributed by atoms with Gasteiger partial charge in [-0.05, 0) is 36.8 Å². The molecule has 0 aromatic heterocycles. The number of aliphatic hydroxyl groups excluding tert-OH is 1. The van der Waals surface area contributed by atoms with E-state index in [9.17, 15) is 9.18 Å². The molecule has 2 aromatic carbocycles. The number of rotatable bonds is 5. The lowest BCUT2D eigenvalue weighted by Crippen LogP contribution is -2.24. The number of benzene rings is 2. The second-order valence-corrected chi connectivity index (χ2v) is 4.61. The smallest absolute Gasteiger partial charge is 0.252 e. The van der Waals surface area contributed by atoms with Crippen LogP contribution in [0.25, 0.3) is 0 Å². The van der Waals surface area contributed by atoms with E-state index in [-0.39, 0.29) is 12.4 Å². The standard InChI is InChI=1S/C16H16FNO3/c1-11(19)16(20)18-14-6-3-7-15(9-14)21-10-12-4-2-5-13(17)8-12/h2-9,11,19H,10H2,1H3,(H,18,20)/t11-/m0/s1. The van der Waals surface area contributed by atoms with Crippen LogP contribution in [0.4, 0.5) is 10.1 Å². The predicted molar refractivity (Wildman–Crippen MR) is 77.5 cm³/mol. The lowest BCUT2D eigenvalue weighted by Gasteiger charge is -2.10. The molecule has 0 bridgehead atoms. The summed E-state index contributed by atoms with van der Waals surface area (Å²) in [5.41, 5.74) is 1.24. The molecule has 2 aromatic rings. The molecular weight excluding hydrogens is 273 g/mol. The lowest BCUT2D eigenvalue weighted by atomic mass is 10.2. The molecule has 0 aliphatic heterocycles. The summed E-state index contributed by atoms with van der Waals surface area (Å²) in [6, 6.07) is 12.9. The van der Waals surface area contributed by atoms with Crippen molar-refractivity contribution in [3.8, 4) is 5.75 Å². The van der Waals surface area contributed by atoms with Gasteiger partial charge in [0, 0.05) is 11.8 Å². The van der Waals surface area contributed by atoms with Gasteiger partial charge in [-0.15, -0.1) is 0 Å². The van der Waals surface area contributed by atoms with Crippen LogP contribution in [0.5, 0.6) is 5.75 Å². The van der Waals surface area contributed by atoms with E-state index in [0.29, 0.717) is 17.0 Å². The molecule has 5 heteroatoms. The fourth-order valence-electron chi connectivity index (χ4n) is 1.70. The number of nitrogens with one attached hydrogen (secondary N) is 1. The van der Waals surface area contributed by atoms with Gasteiger partial charge in [-0.3, -0.25) is 4.79 Å². The highest BCUT2D eigenvalue weighted by molar-refractivity contribution is 5.93. The highest BCUT2D eigenvalue weighted by Gasteiger charge is 2.09. The molecule has 0 saturated carbocycles. The van der Waals surface area contributed by atoms with E-state index in [1.807, 2.05) is 0 Å². The fourth-order valence-corrected chi connectivity index (χ4v) is 1.70. The highest BCUT2D eigenvalue weighted by atomic mass is 19.1. The molecule has 0 spiro atoms. The van der Waals surface area contributed by atoms with Crippen LogP contribution in [0.3, 0.4) is 0 Å². The van der Waals surface area contributed by atoms with Gasteiger partial charge < -0.3 is 15.2 Å². The van der Waals surface area contributed by atoms with Gasteiger partial charge in [0.2, 0.25) is 0 Å². The molecule has 1 atom stereocenters. The molecule has 0 aliphatic carbocycles. The first kappa shape index (κ1) is 15.0. The zero-order valence-corrected chi connectivity index (χ0v) is 11.5. The molecule has 0 unspecified atom stereocenters. The molecular formula is C16H16FNO3. The number of carbonyl (C=O) groups is 1. The first-order chi connectivity index (χ1) is 10.0. The Kier molecular flexibility index (Phi) is 4.90. The van der Waals surface area contributed by atoms with Crippen LogP contribution in [0, 0.1) is 5.82 Å². The Morgan fingerprint density at radius 2 is 2.05 bits per heavy atom. The van der Waals surface area contributed by atoms with Gasteiger partial charge in [0.1, 0.15) is 24.3 Å². The molecule has 0 heterocycles. The van der Waals surface area contributed by atoms with Gasteiger partial charge in [0.15, 0.2) is 0 Å². The Hall–Kier alpha value is -2.40. The Labute approximate surface area is 122 Å². The molecule has 4 nitrogen and oxygen atoms in total. The van der Waals surface area contributed by atoms with Crippen molar-refractivity contribution in [1.29, 1.82) is 0 Å². The average Bonchev–Trinajstić information content (AvgIpc) is 2.45. The van der Waals surface area contributed by atoms with E-state index in [4.69, 9.17) is 9.84 Å². The fraction of sp³-hybridized carbons (Fsp3) is 0.188. The topological polar surface area (TPSA) is 58.6 Å². The Bertz CT molecular complexity index is 628. The van der Waals surface area contributed by atoms with Crippen molar-refractivity contribution in [2.45, 2.75) is 19.6 Å². The normalized spacial score (nSPS) is 11.8. The Morgan fingerprint density at radius 1 is 1.29 bits per heavy atom. The van der Waals surface area contributed by atoms with E-state index in [1.54, 1.807) is 36.4 Å². The zero-order chi connectivity index (χ0) is 15.2. The van der Waals surface area contributed by atoms with Crippen LogP contribution in [-0.4, -0.2) is 17.1 Å². The summed E-state index contributed by atoms with van der Waals surface area (Å²) in [6.07, 6.45) is -1.08. The highest BCUT2D eigenvalue weighted by Crippen LogP contribution is 2.19. The van der Waals surface area contributed by atoms with Crippen molar-refractivity contribution in [2.24, 2.45) is 0 Å². The number of carbonyl (C=O) groups excluding carboxylic acids is 1. The van der Waals surface area contributed by atoms with Crippen LogP contribution in [0.2, 0.25) is 0 Å². The minimum atomic E-state index is -1.08. The van der Waals surface area contributed by atoms with E-state index in [0.717, 1.165) is 0 Å². The number of anilines is 1. The first-order valence-electron chi connectivity index (χ1n) is 6.51. The quantitative estimate of drug-likeness (QED) is 0.889. The molecule has 21 heavy (non-hydrogen) atoms. The minimum absolute atomic E-state index is 0.228. The van der Waals surface area contributed by atoms with Gasteiger partial charge in [0.25, 0.3) is 5.91 Å². The number of halogens is 1. The minimum Gasteiger partial charge on any atom is -0.489 e. The van der Waals surface area contributed by atoms with E-state index >= 15 is 0 Å². The van der Waals surface area contributed by atoms with E-state index in [1.165, 1.54) is 19.1 Å². The van der Waals surface area contributed by atoms with Crippen molar-refractivity contribution >= 4 is 11.6 Å². The summed E-state index contributed by atoms with van der Waals surface area (Å²) in [4.78, 5) is 11.4. The molecule has 2 N–H and O–H groups in total. The summed E-state index contributed by atoms with van der Waals surface area (Å²) < 4.78 is 18.6. The summed E-state index contributed by atoms with van der Waals surface area (Å²) in [5.74, 6) is -0.256. The third kappa shape index (κ3) is 4.57. The van der Waals surface area contributed by atoms with Crippen molar-refractivity contribution < 1.29 is 19.0 Å². The van der Waals surface area contributed by atoms with Gasteiger partial charge in [-0.25, -0.2) is 4.39 Å². The summed E-state index contributed by atoms with van der Waals surface area (Å²) in [6.45, 7) is 1.62. The number of hydrogen-bond donors (Lipinski definition) is 2. The third-order valence-electron chi connectivity index (χ3n) is 2.78. The maximum absolute atomic E-state index is 13.0. The van der Waals surface area contributed by atoms with Crippen LogP contribution in [0.15, 0.2) is 48.5 Å². The molecule has 0 fully saturated rings. The van der Waals surface area contributed by atoms with Crippen molar-refractivity contribution in [2.75, 3.05) is 5.32 Å². The molecule has 110 valence electrons. The number of amides is 1. The SMILES string of the molecule is C[C@H](O)C(=O)Nc1cccc(OCc2cccc(F)c2)c1. The van der Waals surface area contributed by atoms with Gasteiger partial charge in [-0.1, -0.05) is 18.2 Å². The zero-order valence-electron chi connectivity index (χ0n) is 11.5. The molecule has 0 radical (unpaired) electrons. The summed E-state index contributed by atoms with van der Waals surface area (Å²) >= 11 is 0. The van der Waals surface area contributed by atoms with Crippen LogP contribution < -0.4 is 10.1 Å². The number of ether oxygens (including phenoxy) is 1. The van der Waals surface area contributed by atoms with Crippen LogP contribution in [0.1, 0.15) is 12.5 Å². The second-order valence-electron chi connectivity index (χ2n) is 4.61. The van der Waals surface area contributed by atoms with Gasteiger partial charge in [0.05, 0.1) is 0 Å². The lowest BCUT2D eigenvalue weighted by molar-refractivity contribution is -0.123. The van der Waals surface area contributed by atoms with Crippen molar-refractivity contribution in [3.05, 3.63) is 59.9 Å². The predicted octanol–water partition coefficient (Wildman–Crippen LogP) is 2.72. The molecule has 0 saturated heterocycles. The summed E-state index contributed by atoms with van der Waals surface area (Å²) in [7, 11) is 0. The van der Waals surface area contributed by atoms with Gasteiger partial charge in [-0.2, -0.15) is 0 Å². The van der Waals surface area contributed by atoms with E-state index in [2.05, 4.69) is 5.32 Å². The summed E-state index contributed by atoms with van der Waals surface area (Å²) in [5, 5.41) is 11.7. The average molecular weight is 289 g/mol. The maximum atomic E-state index is 13.0. The molecule has 0 aliphatic rings. The number of aliphatic hydroxyl groups is 1. The van der Waals surface area contributed by atoms with Crippen LogP contribution in [-0.2, 0) is 11.4 Å². The van der Waals surface area contributed by atoms with Gasteiger partial charge >= 0.3 is 0 Å². The first-order valence-corrected chi connectivity index (χ1v) is 6.51. The van der Waals surface area contributed by atoms with Crippen LogP contribution >= 0.6 is 0 Å².